The minimum absolute atomic E-state index is 0.891. The van der Waals surface area contributed by atoms with Gasteiger partial charge in [0.15, 0.2) is 0 Å². The Balaban J connectivity index is 0.00000137. The van der Waals surface area contributed by atoms with Gasteiger partial charge in [-0.25, -0.2) is 0 Å². The summed E-state index contributed by atoms with van der Waals surface area (Å²) in [6.45, 7) is 14.2. The van der Waals surface area contributed by atoms with E-state index in [0.29, 0.717) is 0 Å². The summed E-state index contributed by atoms with van der Waals surface area (Å²) in [5.41, 5.74) is 1.39. The lowest BCUT2D eigenvalue weighted by atomic mass is 10.0. The molecule has 1 aromatic rings. The van der Waals surface area contributed by atoms with Crippen molar-refractivity contribution in [3.63, 3.8) is 0 Å². The number of rotatable bonds is 54. The molecular weight excluding hydrogens is 809 g/mol. The van der Waals surface area contributed by atoms with Crippen molar-refractivity contribution in [2.45, 2.75) is 342 Å². The fraction of sp³-hybridized carbons (Fsp3) is 0.908. The van der Waals surface area contributed by atoms with Crippen LogP contribution in [0.2, 0.25) is 0 Å². The smallest absolute Gasteiger partial charge is 0.0782 e. The normalized spacial score (nSPS) is 11.7. The molecule has 2 nitrogen and oxygen atoms in total. The maximum Gasteiger partial charge on any atom is 0.0782 e. The summed E-state index contributed by atoms with van der Waals surface area (Å²) in [4.78, 5) is 0. The van der Waals surface area contributed by atoms with Gasteiger partial charge in [0.1, 0.15) is 0 Å². The van der Waals surface area contributed by atoms with E-state index in [2.05, 4.69) is 77.4 Å². The van der Waals surface area contributed by atoms with Gasteiger partial charge in [-0.1, -0.05) is 334 Å². The number of nitrogens with zero attached hydrogens (tertiary/aromatic N) is 1. The molecule has 0 aliphatic rings. The van der Waals surface area contributed by atoms with Gasteiger partial charge in [-0.3, -0.25) is 0 Å². The standard InChI is InChI=1S/C38H80N.C27H49N/c1-5-7-9-11-13-15-17-19-21-23-25-27-29-31-33-35-37-39(3,4)38-36-34-32-30-28-26-24-22-20-18-16-14-12-10-8-6-2;1-26(2)21-17-14-12-10-8-6-4-3-5-7-9-11-13-15-20-24-28-25-27-22-18-16-19-23-27/h5-38H2,1-4H3;16,18-19,22-23,26,28H,3-15,17,20-21,24-25H2,1-2H3/q+1;. The first-order valence-electron chi connectivity index (χ1n) is 31.5. The van der Waals surface area contributed by atoms with Crippen molar-refractivity contribution in [1.29, 1.82) is 0 Å². The Bertz CT molecular complexity index is 964. The summed E-state index contributed by atoms with van der Waals surface area (Å²) in [7, 11) is 4.94. The zero-order chi connectivity index (χ0) is 48.7. The van der Waals surface area contributed by atoms with Gasteiger partial charge in [0.25, 0.3) is 0 Å². The maximum atomic E-state index is 3.56. The van der Waals surface area contributed by atoms with Crippen LogP contribution in [0.15, 0.2) is 30.3 Å². The van der Waals surface area contributed by atoms with Crippen molar-refractivity contribution in [2.75, 3.05) is 33.7 Å². The largest absolute Gasteiger partial charge is 0.328 e. The summed E-state index contributed by atoms with van der Waals surface area (Å²) >= 11 is 0. The van der Waals surface area contributed by atoms with Gasteiger partial charge in [-0.15, -0.1) is 0 Å². The van der Waals surface area contributed by atoms with Crippen LogP contribution < -0.4 is 5.32 Å². The van der Waals surface area contributed by atoms with Gasteiger partial charge in [0.2, 0.25) is 0 Å². The fourth-order valence-electron chi connectivity index (χ4n) is 10.2. The average Bonchev–Trinajstić information content (AvgIpc) is 3.32. The Morgan fingerprint density at radius 2 is 0.582 bits per heavy atom. The van der Waals surface area contributed by atoms with Crippen LogP contribution in [0.1, 0.15) is 341 Å². The molecule has 0 heterocycles. The van der Waals surface area contributed by atoms with Gasteiger partial charge in [0, 0.05) is 6.54 Å². The molecule has 0 aliphatic carbocycles. The molecule has 1 N–H and O–H groups in total. The minimum atomic E-state index is 0.891. The fourth-order valence-corrected chi connectivity index (χ4v) is 10.2. The molecular formula is C65H129N2+. The number of unbranched alkanes of at least 4 members (excludes halogenated alkanes) is 44. The summed E-state index contributed by atoms with van der Waals surface area (Å²) in [5, 5.41) is 3.56. The van der Waals surface area contributed by atoms with Crippen LogP contribution in [-0.2, 0) is 6.54 Å². The van der Waals surface area contributed by atoms with E-state index in [-0.39, 0.29) is 0 Å². The van der Waals surface area contributed by atoms with Crippen molar-refractivity contribution < 1.29 is 4.48 Å². The van der Waals surface area contributed by atoms with Crippen LogP contribution in [0.25, 0.3) is 0 Å². The van der Waals surface area contributed by atoms with Crippen molar-refractivity contribution in [3.8, 4) is 0 Å². The topological polar surface area (TPSA) is 12.0 Å². The molecule has 1 aromatic carbocycles. The van der Waals surface area contributed by atoms with Crippen molar-refractivity contribution in [1.82, 2.24) is 5.32 Å². The van der Waals surface area contributed by atoms with Crippen LogP contribution in [-0.4, -0.2) is 38.2 Å². The highest BCUT2D eigenvalue weighted by Gasteiger charge is 2.13. The Morgan fingerprint density at radius 3 is 0.866 bits per heavy atom. The SMILES string of the molecule is CC(C)CCCCCCCCCCCCCCCCCNCc1ccccc1.CCCCCCCCCCCCCCCCCC[N+](C)(C)CCCCCCCCCCCCCCCCCC. The summed E-state index contributed by atoms with van der Waals surface area (Å²) < 4.78 is 1.25. The second-order valence-electron chi connectivity index (χ2n) is 23.1. The summed E-state index contributed by atoms with van der Waals surface area (Å²) in [5.74, 6) is 0.891. The van der Waals surface area contributed by atoms with Crippen molar-refractivity contribution >= 4 is 0 Å². The van der Waals surface area contributed by atoms with Crippen molar-refractivity contribution in [3.05, 3.63) is 35.9 Å². The second kappa shape index (κ2) is 56.1. The molecule has 398 valence electrons. The quantitative estimate of drug-likeness (QED) is 0.0507. The number of benzene rings is 1. The molecule has 0 aromatic heterocycles. The molecule has 0 atom stereocenters. The van der Waals surface area contributed by atoms with E-state index in [1.54, 1.807) is 0 Å². The molecule has 0 amide bonds. The van der Waals surface area contributed by atoms with Crippen molar-refractivity contribution in [2.24, 2.45) is 5.92 Å². The summed E-state index contributed by atoms with van der Waals surface area (Å²) in [6, 6.07) is 10.7. The Labute approximate surface area is 425 Å². The van der Waals surface area contributed by atoms with Crippen LogP contribution in [0.3, 0.4) is 0 Å². The lowest BCUT2D eigenvalue weighted by molar-refractivity contribution is -0.890. The molecule has 0 radical (unpaired) electrons. The molecule has 67 heavy (non-hydrogen) atoms. The highest BCUT2D eigenvalue weighted by atomic mass is 15.3. The third-order valence-corrected chi connectivity index (χ3v) is 15.0. The monoisotopic (exact) mass is 938 g/mol. The molecule has 0 bridgehead atoms. The van der Waals surface area contributed by atoms with E-state index in [1.165, 1.54) is 331 Å². The molecule has 0 saturated heterocycles. The average molecular weight is 939 g/mol. The van der Waals surface area contributed by atoms with Crippen LogP contribution in [0, 0.1) is 5.92 Å². The van der Waals surface area contributed by atoms with E-state index in [4.69, 9.17) is 0 Å². The van der Waals surface area contributed by atoms with E-state index in [9.17, 15) is 0 Å². The molecule has 0 fully saturated rings. The Kier molecular flexibility index (Phi) is 55.3. The first-order chi connectivity index (χ1) is 32.9. The lowest BCUT2D eigenvalue weighted by Gasteiger charge is -2.30. The van der Waals surface area contributed by atoms with E-state index in [0.717, 1.165) is 19.0 Å². The van der Waals surface area contributed by atoms with Gasteiger partial charge in [0.05, 0.1) is 27.2 Å². The molecule has 0 saturated carbocycles. The number of hydrogen-bond donors (Lipinski definition) is 1. The second-order valence-corrected chi connectivity index (χ2v) is 23.1. The number of hydrogen-bond acceptors (Lipinski definition) is 1. The predicted octanol–water partition coefficient (Wildman–Crippen LogP) is 22.3. The number of nitrogens with one attached hydrogen (secondary N) is 1. The van der Waals surface area contributed by atoms with Gasteiger partial charge in [-0.2, -0.15) is 0 Å². The third-order valence-electron chi connectivity index (χ3n) is 15.0. The zero-order valence-electron chi connectivity index (χ0n) is 47.7. The molecule has 0 unspecified atom stereocenters. The van der Waals surface area contributed by atoms with Gasteiger partial charge < -0.3 is 9.80 Å². The van der Waals surface area contributed by atoms with Gasteiger partial charge >= 0.3 is 0 Å². The highest BCUT2D eigenvalue weighted by Crippen LogP contribution is 2.18. The minimum Gasteiger partial charge on any atom is -0.328 e. The predicted molar refractivity (Wildman–Crippen MR) is 308 cm³/mol. The van der Waals surface area contributed by atoms with E-state index >= 15 is 0 Å². The van der Waals surface area contributed by atoms with Crippen LogP contribution in [0.5, 0.6) is 0 Å². The Hall–Kier alpha value is -0.860. The van der Waals surface area contributed by atoms with E-state index < -0.39 is 0 Å². The maximum absolute atomic E-state index is 3.56. The highest BCUT2D eigenvalue weighted by molar-refractivity contribution is 5.14. The van der Waals surface area contributed by atoms with Gasteiger partial charge in [-0.05, 0) is 50.1 Å². The first kappa shape index (κ1) is 66.1. The molecule has 0 aliphatic heterocycles. The van der Waals surface area contributed by atoms with E-state index in [1.807, 2.05) is 0 Å². The van der Waals surface area contributed by atoms with Crippen LogP contribution >= 0.6 is 0 Å². The molecule has 2 heteroatoms. The number of quaternary nitrogens is 1. The van der Waals surface area contributed by atoms with Crippen LogP contribution in [0.4, 0.5) is 0 Å². The summed E-state index contributed by atoms with van der Waals surface area (Å²) in [6.07, 6.45) is 70.0. The molecule has 1 rings (SSSR count). The lowest BCUT2D eigenvalue weighted by Crippen LogP contribution is -2.41. The third kappa shape index (κ3) is 57.6. The Morgan fingerprint density at radius 1 is 0.328 bits per heavy atom. The zero-order valence-corrected chi connectivity index (χ0v) is 47.7. The molecule has 0 spiro atoms. The first-order valence-corrected chi connectivity index (χ1v) is 31.5.